The van der Waals surface area contributed by atoms with E-state index in [-0.39, 0.29) is 0 Å². The second-order valence-electron chi connectivity index (χ2n) is 5.04. The number of rotatable bonds is 2. The van der Waals surface area contributed by atoms with E-state index in [1.54, 1.807) is 6.20 Å². The first-order chi connectivity index (χ1) is 10.8. The highest BCUT2D eigenvalue weighted by molar-refractivity contribution is 7.91. The standard InChI is InChI=1S/C17H13N3OS/c1-20-14-9-3-2-8-13(14)19-17(20)22(21)15-10-4-6-12-7-5-11-18-16(12)15/h2-11H,1H3. The molecule has 0 aliphatic rings. The van der Waals surface area contributed by atoms with Crippen molar-refractivity contribution < 1.29 is 4.55 Å². The highest BCUT2D eigenvalue weighted by atomic mass is 32.2. The molecule has 0 radical (unpaired) electrons. The molecule has 1 atom stereocenters. The van der Waals surface area contributed by atoms with Crippen LogP contribution in [0.5, 0.6) is 0 Å². The summed E-state index contributed by atoms with van der Waals surface area (Å²) in [6.07, 6.45) is 1.72. The number of nitrogens with zero attached hydrogens (tertiary/aromatic N) is 3. The molecule has 0 aliphatic heterocycles. The van der Waals surface area contributed by atoms with Crippen LogP contribution in [0.4, 0.5) is 0 Å². The number of hydrogen-bond acceptors (Lipinski definition) is 3. The molecule has 4 aromatic rings. The van der Waals surface area contributed by atoms with Crippen molar-refractivity contribution in [1.82, 2.24) is 14.5 Å². The molecule has 1 unspecified atom stereocenters. The molecule has 0 saturated carbocycles. The maximum absolute atomic E-state index is 13.0. The number of fused-ring (bicyclic) bond motifs is 2. The Morgan fingerprint density at radius 3 is 2.68 bits per heavy atom. The molecule has 0 saturated heterocycles. The van der Waals surface area contributed by atoms with Gasteiger partial charge in [-0.2, -0.15) is 4.98 Å². The normalized spacial score (nSPS) is 12.8. The SMILES string of the molecule is Cn1c([S+]([O-])c2cccc3cccnc23)nc2ccccc21. The Balaban J connectivity index is 1.92. The number of para-hydroxylation sites is 3. The van der Waals surface area contributed by atoms with Crippen molar-refractivity contribution in [2.45, 2.75) is 10.1 Å². The minimum Gasteiger partial charge on any atom is -0.604 e. The van der Waals surface area contributed by atoms with E-state index in [0.29, 0.717) is 10.1 Å². The number of benzene rings is 2. The Morgan fingerprint density at radius 2 is 1.82 bits per heavy atom. The molecular formula is C17H13N3OS. The first kappa shape index (κ1) is 13.3. The van der Waals surface area contributed by atoms with Crippen molar-refractivity contribution in [3.05, 3.63) is 60.8 Å². The summed E-state index contributed by atoms with van der Waals surface area (Å²) in [6.45, 7) is 0. The molecular weight excluding hydrogens is 294 g/mol. The highest BCUT2D eigenvalue weighted by Crippen LogP contribution is 2.28. The molecule has 0 N–H and O–H groups in total. The summed E-state index contributed by atoms with van der Waals surface area (Å²) >= 11 is -1.38. The zero-order chi connectivity index (χ0) is 15.1. The van der Waals surface area contributed by atoms with Crippen LogP contribution < -0.4 is 0 Å². The topological polar surface area (TPSA) is 53.8 Å². The van der Waals surface area contributed by atoms with E-state index in [9.17, 15) is 4.55 Å². The Kier molecular flexibility index (Phi) is 3.10. The molecule has 4 rings (SSSR count). The Morgan fingerprint density at radius 1 is 1.00 bits per heavy atom. The van der Waals surface area contributed by atoms with Gasteiger partial charge in [-0.1, -0.05) is 30.3 Å². The second kappa shape index (κ2) is 5.12. The smallest absolute Gasteiger partial charge is 0.329 e. The van der Waals surface area contributed by atoms with Crippen molar-refractivity contribution in [3.8, 4) is 0 Å². The summed E-state index contributed by atoms with van der Waals surface area (Å²) in [6, 6.07) is 17.4. The summed E-state index contributed by atoms with van der Waals surface area (Å²) in [4.78, 5) is 9.60. The first-order valence-electron chi connectivity index (χ1n) is 6.93. The number of aryl methyl sites for hydroxylation is 1. The predicted molar refractivity (Wildman–Crippen MR) is 87.1 cm³/mol. The van der Waals surface area contributed by atoms with Crippen LogP contribution in [0.2, 0.25) is 0 Å². The van der Waals surface area contributed by atoms with E-state index in [0.717, 1.165) is 21.9 Å². The van der Waals surface area contributed by atoms with E-state index in [4.69, 9.17) is 0 Å². The Labute approximate surface area is 130 Å². The van der Waals surface area contributed by atoms with Crippen molar-refractivity contribution >= 4 is 33.1 Å². The van der Waals surface area contributed by atoms with Gasteiger partial charge in [-0.05, 0) is 24.3 Å². The van der Waals surface area contributed by atoms with Crippen LogP contribution in [0, 0.1) is 0 Å². The largest absolute Gasteiger partial charge is 0.604 e. The van der Waals surface area contributed by atoms with Crippen molar-refractivity contribution in [1.29, 1.82) is 0 Å². The van der Waals surface area contributed by atoms with Crippen molar-refractivity contribution in [2.75, 3.05) is 0 Å². The lowest BCUT2D eigenvalue weighted by Crippen LogP contribution is -2.09. The number of imidazole rings is 1. The third kappa shape index (κ3) is 1.98. The van der Waals surface area contributed by atoms with Crippen LogP contribution in [0.3, 0.4) is 0 Å². The van der Waals surface area contributed by atoms with Gasteiger partial charge in [0.15, 0.2) is 4.90 Å². The van der Waals surface area contributed by atoms with Crippen LogP contribution in [-0.4, -0.2) is 19.1 Å². The fraction of sp³-hybridized carbons (Fsp3) is 0.0588. The molecule has 5 heteroatoms. The summed E-state index contributed by atoms with van der Waals surface area (Å²) in [5.41, 5.74) is 2.58. The lowest BCUT2D eigenvalue weighted by Gasteiger charge is -2.10. The van der Waals surface area contributed by atoms with Gasteiger partial charge in [-0.25, -0.2) is 0 Å². The Hall–Kier alpha value is -2.37. The maximum Gasteiger partial charge on any atom is 0.329 e. The van der Waals surface area contributed by atoms with Crippen LogP contribution in [0.15, 0.2) is 70.8 Å². The average molecular weight is 307 g/mol. The first-order valence-corrected chi connectivity index (χ1v) is 8.07. The highest BCUT2D eigenvalue weighted by Gasteiger charge is 2.25. The zero-order valence-corrected chi connectivity index (χ0v) is 12.7. The second-order valence-corrected chi connectivity index (χ2v) is 6.38. The van der Waals surface area contributed by atoms with Gasteiger partial charge in [0.05, 0.1) is 22.2 Å². The molecule has 108 valence electrons. The van der Waals surface area contributed by atoms with Crippen LogP contribution >= 0.6 is 0 Å². The van der Waals surface area contributed by atoms with E-state index in [1.807, 2.05) is 66.2 Å². The summed E-state index contributed by atoms with van der Waals surface area (Å²) in [5, 5.41) is 1.52. The Bertz CT molecular complexity index is 975. The van der Waals surface area contributed by atoms with Crippen LogP contribution in [0.1, 0.15) is 0 Å². The summed E-state index contributed by atoms with van der Waals surface area (Å²) in [5.74, 6) is 0. The summed E-state index contributed by atoms with van der Waals surface area (Å²) in [7, 11) is 1.89. The maximum atomic E-state index is 13.0. The van der Waals surface area contributed by atoms with Gasteiger partial charge >= 0.3 is 5.16 Å². The molecule has 0 amide bonds. The molecule has 22 heavy (non-hydrogen) atoms. The summed E-state index contributed by atoms with van der Waals surface area (Å²) < 4.78 is 14.9. The predicted octanol–water partition coefficient (Wildman–Crippen LogP) is 3.29. The van der Waals surface area contributed by atoms with Gasteiger partial charge < -0.3 is 4.55 Å². The van der Waals surface area contributed by atoms with E-state index in [2.05, 4.69) is 9.97 Å². The fourth-order valence-electron chi connectivity index (χ4n) is 2.61. The van der Waals surface area contributed by atoms with Crippen molar-refractivity contribution in [3.63, 3.8) is 0 Å². The molecule has 0 bridgehead atoms. The number of pyridine rings is 1. The number of hydrogen-bond donors (Lipinski definition) is 0. The third-order valence-corrected chi connectivity index (χ3v) is 5.13. The van der Waals surface area contributed by atoms with Crippen LogP contribution in [0.25, 0.3) is 21.9 Å². The van der Waals surface area contributed by atoms with Gasteiger partial charge in [0.1, 0.15) is 5.52 Å². The lowest BCUT2D eigenvalue weighted by molar-refractivity contribution is 0.580. The molecule has 0 fully saturated rings. The number of aromatic nitrogens is 3. The van der Waals surface area contributed by atoms with Crippen LogP contribution in [-0.2, 0) is 18.2 Å². The fourth-order valence-corrected chi connectivity index (χ4v) is 3.89. The lowest BCUT2D eigenvalue weighted by atomic mass is 10.2. The van der Waals surface area contributed by atoms with E-state index < -0.39 is 11.2 Å². The molecule has 0 aliphatic carbocycles. The molecule has 0 spiro atoms. The minimum absolute atomic E-state index is 0.541. The van der Waals surface area contributed by atoms with Crippen molar-refractivity contribution in [2.24, 2.45) is 7.05 Å². The minimum atomic E-state index is -1.38. The van der Waals surface area contributed by atoms with Gasteiger partial charge in [0.25, 0.3) is 0 Å². The monoisotopic (exact) mass is 307 g/mol. The van der Waals surface area contributed by atoms with E-state index >= 15 is 0 Å². The average Bonchev–Trinajstić information content (AvgIpc) is 2.91. The van der Waals surface area contributed by atoms with Gasteiger partial charge in [-0.15, -0.1) is 0 Å². The molecule has 2 aromatic carbocycles. The van der Waals surface area contributed by atoms with Gasteiger partial charge in [0, 0.05) is 18.6 Å². The van der Waals surface area contributed by atoms with Gasteiger partial charge in [-0.3, -0.25) is 9.55 Å². The van der Waals surface area contributed by atoms with E-state index in [1.165, 1.54) is 0 Å². The molecule has 4 nitrogen and oxygen atoms in total. The zero-order valence-electron chi connectivity index (χ0n) is 11.9. The molecule has 2 aromatic heterocycles. The van der Waals surface area contributed by atoms with Gasteiger partial charge in [0.2, 0.25) is 0 Å². The third-order valence-electron chi connectivity index (χ3n) is 3.71. The quantitative estimate of drug-likeness (QED) is 0.534. The molecule has 2 heterocycles.